The second kappa shape index (κ2) is 5.83. The fourth-order valence-electron chi connectivity index (χ4n) is 0.765. The largest absolute Gasteiger partial charge is 0.393 e. The fraction of sp³-hybridized carbons (Fsp3) is 0.375. The summed E-state index contributed by atoms with van der Waals surface area (Å²) in [5.74, 6) is 0.348. The van der Waals surface area contributed by atoms with E-state index in [0.717, 1.165) is 13.0 Å². The molecule has 0 bridgehead atoms. The molecule has 0 saturated carbocycles. The number of hydrogen-bond donors (Lipinski definition) is 2. The summed E-state index contributed by atoms with van der Waals surface area (Å²) >= 11 is 3.06. The van der Waals surface area contributed by atoms with Crippen LogP contribution in [0.25, 0.3) is 0 Å². The molecular formula is C8H14BrN3. The molecule has 0 aromatic heterocycles. The first-order chi connectivity index (χ1) is 5.61. The van der Waals surface area contributed by atoms with Crippen LogP contribution in [0.5, 0.6) is 0 Å². The molecular weight excluding hydrogens is 218 g/mol. The summed E-state index contributed by atoms with van der Waals surface area (Å²) in [6.45, 7) is 6.45. The van der Waals surface area contributed by atoms with E-state index in [-0.39, 0.29) is 0 Å². The van der Waals surface area contributed by atoms with Gasteiger partial charge in [0.2, 0.25) is 0 Å². The van der Waals surface area contributed by atoms with Crippen molar-refractivity contribution in [3.63, 3.8) is 0 Å². The molecule has 0 spiro atoms. The van der Waals surface area contributed by atoms with Crippen LogP contribution in [-0.4, -0.2) is 17.3 Å². The van der Waals surface area contributed by atoms with Crippen molar-refractivity contribution in [3.8, 4) is 0 Å². The first-order valence-electron chi connectivity index (χ1n) is 3.72. The molecule has 0 aliphatic heterocycles. The molecule has 0 aliphatic rings. The maximum Gasteiger partial charge on any atom is 0.127 e. The number of nitrogens with one attached hydrogen (secondary N) is 1. The zero-order valence-corrected chi connectivity index (χ0v) is 8.76. The molecule has 3 N–H and O–H groups in total. The number of amidine groups is 1. The van der Waals surface area contributed by atoms with Crippen LogP contribution in [0.1, 0.15) is 13.3 Å². The van der Waals surface area contributed by atoms with Gasteiger partial charge in [-0.1, -0.05) is 13.5 Å². The minimum Gasteiger partial charge on any atom is -0.393 e. The average Bonchev–Trinajstić information content (AvgIpc) is 1.98. The monoisotopic (exact) mass is 231 g/mol. The van der Waals surface area contributed by atoms with Gasteiger partial charge in [0.05, 0.1) is 4.61 Å². The van der Waals surface area contributed by atoms with Crippen LogP contribution in [-0.2, 0) is 0 Å². The van der Waals surface area contributed by atoms with E-state index in [1.54, 1.807) is 11.1 Å². The second-order valence-corrected chi connectivity index (χ2v) is 3.21. The van der Waals surface area contributed by atoms with E-state index in [9.17, 15) is 0 Å². The molecule has 0 aromatic carbocycles. The van der Waals surface area contributed by atoms with Gasteiger partial charge in [0.25, 0.3) is 0 Å². The third kappa shape index (κ3) is 4.18. The molecule has 0 aliphatic carbocycles. The lowest BCUT2D eigenvalue weighted by Gasteiger charge is -2.17. The van der Waals surface area contributed by atoms with Crippen molar-refractivity contribution in [2.45, 2.75) is 13.3 Å². The van der Waals surface area contributed by atoms with Crippen LogP contribution in [0.3, 0.4) is 0 Å². The van der Waals surface area contributed by atoms with E-state index in [4.69, 9.17) is 11.1 Å². The van der Waals surface area contributed by atoms with E-state index in [0.29, 0.717) is 10.4 Å². The molecule has 4 heteroatoms. The van der Waals surface area contributed by atoms with E-state index < -0.39 is 0 Å². The lowest BCUT2D eigenvalue weighted by atomic mass is 10.4. The van der Waals surface area contributed by atoms with Crippen molar-refractivity contribution < 1.29 is 0 Å². The molecule has 0 rings (SSSR count). The van der Waals surface area contributed by atoms with Gasteiger partial charge >= 0.3 is 0 Å². The fourth-order valence-corrected chi connectivity index (χ4v) is 0.981. The summed E-state index contributed by atoms with van der Waals surface area (Å²) in [5.41, 5.74) is 5.36. The maximum atomic E-state index is 7.55. The van der Waals surface area contributed by atoms with Crippen LogP contribution < -0.4 is 5.73 Å². The smallest absolute Gasteiger partial charge is 0.127 e. The number of nitrogens with two attached hydrogens (primary N) is 1. The Balaban J connectivity index is 4.22. The Morgan fingerprint density at radius 2 is 2.33 bits per heavy atom. The number of nitrogens with zero attached hydrogens (tertiary/aromatic N) is 1. The van der Waals surface area contributed by atoms with Crippen molar-refractivity contribution in [1.29, 1.82) is 5.41 Å². The Labute approximate surface area is 81.6 Å². The lowest BCUT2D eigenvalue weighted by molar-refractivity contribution is 0.549. The average molecular weight is 232 g/mol. The second-order valence-electron chi connectivity index (χ2n) is 2.29. The summed E-state index contributed by atoms with van der Waals surface area (Å²) in [6.07, 6.45) is 4.14. The topological polar surface area (TPSA) is 53.1 Å². The van der Waals surface area contributed by atoms with Gasteiger partial charge in [-0.3, -0.25) is 5.41 Å². The third-order valence-corrected chi connectivity index (χ3v) is 1.50. The lowest BCUT2D eigenvalue weighted by Crippen LogP contribution is -2.24. The molecule has 0 heterocycles. The Morgan fingerprint density at radius 1 is 1.75 bits per heavy atom. The molecule has 12 heavy (non-hydrogen) atoms. The molecule has 0 unspecified atom stereocenters. The highest BCUT2D eigenvalue weighted by molar-refractivity contribution is 9.11. The van der Waals surface area contributed by atoms with E-state index >= 15 is 0 Å². The van der Waals surface area contributed by atoms with Gasteiger partial charge in [-0.25, -0.2) is 0 Å². The molecule has 68 valence electrons. The van der Waals surface area contributed by atoms with Gasteiger partial charge in [0.1, 0.15) is 5.84 Å². The zero-order chi connectivity index (χ0) is 9.56. The van der Waals surface area contributed by atoms with Gasteiger partial charge in [-0.05, 0) is 28.6 Å². The molecule has 3 nitrogen and oxygen atoms in total. The summed E-state index contributed by atoms with van der Waals surface area (Å²) in [4.78, 5) is 1.73. The quantitative estimate of drug-likeness (QED) is 0.442. The predicted molar refractivity (Wildman–Crippen MR) is 56.1 cm³/mol. The highest BCUT2D eigenvalue weighted by atomic mass is 79.9. The molecule has 0 radical (unpaired) electrons. The molecule has 0 amide bonds. The van der Waals surface area contributed by atoms with Gasteiger partial charge in [0.15, 0.2) is 0 Å². The SMILES string of the molecule is C=CN(CCC)C(=N)C=C(N)Br. The van der Waals surface area contributed by atoms with Crippen molar-refractivity contribution in [3.05, 3.63) is 23.5 Å². The summed E-state index contributed by atoms with van der Waals surface area (Å²) < 4.78 is 0.454. The van der Waals surface area contributed by atoms with Gasteiger partial charge < -0.3 is 10.6 Å². The standard InChI is InChI=1S/C8H14BrN3/c1-3-5-12(4-2)8(11)6-7(9)10/h4,6,11H,2-3,5,10H2,1H3. The van der Waals surface area contributed by atoms with Gasteiger partial charge in [0, 0.05) is 12.6 Å². The summed E-state index contributed by atoms with van der Waals surface area (Å²) in [5, 5.41) is 7.55. The third-order valence-electron chi connectivity index (χ3n) is 1.27. The first-order valence-corrected chi connectivity index (χ1v) is 4.51. The van der Waals surface area contributed by atoms with Crippen LogP contribution in [0.2, 0.25) is 0 Å². The Kier molecular flexibility index (Phi) is 5.45. The first kappa shape index (κ1) is 11.2. The number of halogens is 1. The van der Waals surface area contributed by atoms with Crippen LogP contribution in [0, 0.1) is 5.41 Å². The van der Waals surface area contributed by atoms with Crippen molar-refractivity contribution in [2.24, 2.45) is 5.73 Å². The van der Waals surface area contributed by atoms with E-state index in [1.807, 2.05) is 6.92 Å². The maximum absolute atomic E-state index is 7.55. The molecule has 0 saturated heterocycles. The minimum absolute atomic E-state index is 0.348. The van der Waals surface area contributed by atoms with Crippen molar-refractivity contribution >= 4 is 21.8 Å². The van der Waals surface area contributed by atoms with Crippen LogP contribution in [0.15, 0.2) is 23.5 Å². The van der Waals surface area contributed by atoms with Crippen molar-refractivity contribution in [2.75, 3.05) is 6.54 Å². The summed E-state index contributed by atoms with van der Waals surface area (Å²) in [6, 6.07) is 0. The summed E-state index contributed by atoms with van der Waals surface area (Å²) in [7, 11) is 0. The molecule has 0 atom stereocenters. The van der Waals surface area contributed by atoms with Gasteiger partial charge in [-0.15, -0.1) is 0 Å². The molecule has 0 aromatic rings. The van der Waals surface area contributed by atoms with Crippen molar-refractivity contribution in [1.82, 2.24) is 4.90 Å². The predicted octanol–water partition coefficient (Wildman–Crippen LogP) is 2.01. The van der Waals surface area contributed by atoms with E-state index in [2.05, 4.69) is 22.5 Å². The zero-order valence-electron chi connectivity index (χ0n) is 7.18. The van der Waals surface area contributed by atoms with Crippen LogP contribution >= 0.6 is 15.9 Å². The van der Waals surface area contributed by atoms with Crippen LogP contribution in [0.4, 0.5) is 0 Å². The Morgan fingerprint density at radius 3 is 2.67 bits per heavy atom. The normalized spacial score (nSPS) is 11.0. The van der Waals surface area contributed by atoms with E-state index in [1.165, 1.54) is 6.08 Å². The Hall–Kier alpha value is -0.770. The number of hydrogen-bond acceptors (Lipinski definition) is 2. The van der Waals surface area contributed by atoms with Gasteiger partial charge in [-0.2, -0.15) is 0 Å². The minimum atomic E-state index is 0.348. The highest BCUT2D eigenvalue weighted by Gasteiger charge is 2.01. The molecule has 0 fully saturated rings. The highest BCUT2D eigenvalue weighted by Crippen LogP contribution is 2.00. The number of rotatable bonds is 4. The Bertz CT molecular complexity index is 194.